The van der Waals surface area contributed by atoms with Crippen molar-refractivity contribution in [1.29, 1.82) is 0 Å². The monoisotopic (exact) mass is 671 g/mol. The number of benzene rings is 1. The first kappa shape index (κ1) is 34.1. The fraction of sp³-hybridized carbons (Fsp3) is 0.516. The molecule has 1 saturated carbocycles. The number of likely N-dealkylation sites (tertiary alicyclic amines) is 1. The second kappa shape index (κ2) is 15.1. The summed E-state index contributed by atoms with van der Waals surface area (Å²) in [6, 6.07) is 4.71. The van der Waals surface area contributed by atoms with Crippen molar-refractivity contribution in [2.24, 2.45) is 0 Å². The van der Waals surface area contributed by atoms with Crippen LogP contribution in [-0.2, 0) is 19.2 Å². The van der Waals surface area contributed by atoms with Gasteiger partial charge in [0.15, 0.2) is 12.3 Å². The number of piperazine rings is 1. The van der Waals surface area contributed by atoms with Crippen LogP contribution in [-0.4, -0.2) is 128 Å². The second-order valence-corrected chi connectivity index (χ2v) is 12.0. The molecule has 2 aliphatic heterocycles. The molecule has 0 radical (unpaired) electrons. The molecule has 5 amide bonds. The Labute approximate surface area is 274 Å². The Hall–Kier alpha value is -5.22. The number of hydrogen-bond donors (Lipinski definition) is 4. The second-order valence-electron chi connectivity index (χ2n) is 12.0. The van der Waals surface area contributed by atoms with Crippen molar-refractivity contribution < 1.29 is 48.1 Å². The average Bonchev–Trinajstić information content (AvgIpc) is 3.71. The van der Waals surface area contributed by atoms with Gasteiger partial charge in [0.2, 0.25) is 17.7 Å². The van der Waals surface area contributed by atoms with Crippen molar-refractivity contribution in [2.45, 2.75) is 63.1 Å². The molecule has 2 atom stereocenters. The first-order valence-corrected chi connectivity index (χ1v) is 15.9. The Morgan fingerprint density at radius 2 is 1.69 bits per heavy atom. The zero-order chi connectivity index (χ0) is 34.4. The van der Waals surface area contributed by atoms with Gasteiger partial charge in [0.25, 0.3) is 11.8 Å². The number of hydrogen-bond acceptors (Lipinski definition) is 8. The van der Waals surface area contributed by atoms with Crippen molar-refractivity contribution in [3.05, 3.63) is 41.8 Å². The first-order chi connectivity index (χ1) is 23.0. The maximum absolute atomic E-state index is 14.2. The summed E-state index contributed by atoms with van der Waals surface area (Å²) in [6.07, 6.45) is 2.24. The molecule has 5 rings (SSSR count). The molecule has 4 N–H and O–H groups in total. The van der Waals surface area contributed by atoms with Crippen LogP contribution in [0.2, 0.25) is 0 Å². The highest BCUT2D eigenvalue weighted by Crippen LogP contribution is 2.24. The normalized spacial score (nSPS) is 18.5. The molecule has 3 aliphatic rings. The lowest BCUT2D eigenvalue weighted by molar-refractivity contribution is -0.140. The maximum Gasteiger partial charge on any atom is 0.407 e. The standard InChI is InChI=1S/C31H38FN7O9/c32-19-4-1-7-21(16-19)39-26(48-18-25(40)38-11-3-8-24(38)29(44)33-20-5-2-6-20)17-23(35-39)28(43)34-22(9-10-27(41)42)30(45)36-12-14-37(15-13-36)31(46)47/h1,4,7,16-17,20,22,24H,2-3,5-6,8-15,18H2,(H,33,44)(H,34,43)(H,41,42)(H,46,47). The molecule has 0 bridgehead atoms. The molecule has 16 nitrogen and oxygen atoms in total. The molecule has 258 valence electrons. The van der Waals surface area contributed by atoms with Crippen LogP contribution < -0.4 is 15.4 Å². The van der Waals surface area contributed by atoms with Gasteiger partial charge < -0.3 is 40.3 Å². The molecule has 2 unspecified atom stereocenters. The third-order valence-corrected chi connectivity index (χ3v) is 8.75. The van der Waals surface area contributed by atoms with E-state index in [4.69, 9.17) is 4.74 Å². The Kier molecular flexibility index (Phi) is 10.8. The Balaban J connectivity index is 1.31. The number of carboxylic acid groups (broad SMARTS) is 2. The summed E-state index contributed by atoms with van der Waals surface area (Å²) in [4.78, 5) is 79.4. The van der Waals surface area contributed by atoms with Gasteiger partial charge in [-0.3, -0.25) is 24.0 Å². The van der Waals surface area contributed by atoms with E-state index in [1.165, 1.54) is 34.1 Å². The van der Waals surface area contributed by atoms with E-state index in [1.54, 1.807) is 0 Å². The van der Waals surface area contributed by atoms with Crippen molar-refractivity contribution >= 4 is 35.7 Å². The van der Waals surface area contributed by atoms with Crippen LogP contribution in [0.25, 0.3) is 5.69 Å². The molecule has 48 heavy (non-hydrogen) atoms. The fourth-order valence-corrected chi connectivity index (χ4v) is 5.87. The minimum atomic E-state index is -1.27. The number of halogens is 1. The summed E-state index contributed by atoms with van der Waals surface area (Å²) in [5.41, 5.74) is -0.0883. The molecular weight excluding hydrogens is 633 g/mol. The van der Waals surface area contributed by atoms with Gasteiger partial charge >= 0.3 is 12.1 Å². The lowest BCUT2D eigenvalue weighted by Gasteiger charge is -2.35. The van der Waals surface area contributed by atoms with E-state index in [-0.39, 0.29) is 61.8 Å². The number of amides is 5. The number of aliphatic carboxylic acids is 1. The fourth-order valence-electron chi connectivity index (χ4n) is 5.87. The Bertz CT molecular complexity index is 1550. The molecule has 17 heteroatoms. The quantitative estimate of drug-likeness (QED) is 0.250. The number of nitrogens with one attached hydrogen (secondary N) is 2. The predicted molar refractivity (Wildman–Crippen MR) is 164 cm³/mol. The highest BCUT2D eigenvalue weighted by molar-refractivity contribution is 5.96. The molecule has 2 aromatic rings. The summed E-state index contributed by atoms with van der Waals surface area (Å²) in [5.74, 6) is -3.98. The molecule has 1 aromatic carbocycles. The van der Waals surface area contributed by atoms with Gasteiger partial charge in [-0.15, -0.1) is 0 Å². The molecule has 0 spiro atoms. The van der Waals surface area contributed by atoms with E-state index in [9.17, 15) is 43.4 Å². The minimum Gasteiger partial charge on any atom is -0.481 e. The van der Waals surface area contributed by atoms with Crippen LogP contribution in [0.5, 0.6) is 5.88 Å². The number of aromatic nitrogens is 2. The number of ether oxygens (including phenoxy) is 1. The summed E-state index contributed by atoms with van der Waals surface area (Å²) in [5, 5.41) is 28.2. The molecule has 3 heterocycles. The largest absolute Gasteiger partial charge is 0.481 e. The summed E-state index contributed by atoms with van der Waals surface area (Å²) in [7, 11) is 0. The minimum absolute atomic E-state index is 0.0570. The predicted octanol–water partition coefficient (Wildman–Crippen LogP) is 0.835. The zero-order valence-corrected chi connectivity index (χ0v) is 26.2. The lowest BCUT2D eigenvalue weighted by Crippen LogP contribution is -2.55. The first-order valence-electron chi connectivity index (χ1n) is 15.9. The van der Waals surface area contributed by atoms with Crippen LogP contribution in [0, 0.1) is 5.82 Å². The SMILES string of the molecule is O=C(O)CCC(NC(=O)c1cc(OCC(=O)N2CCCC2C(=O)NC2CCC2)n(-c2cccc(F)c2)n1)C(=O)N1CCN(C(=O)O)CC1. The number of carboxylic acids is 1. The van der Waals surface area contributed by atoms with Crippen LogP contribution in [0.4, 0.5) is 9.18 Å². The van der Waals surface area contributed by atoms with Crippen molar-refractivity contribution in [1.82, 2.24) is 35.1 Å². The van der Waals surface area contributed by atoms with Crippen molar-refractivity contribution in [3.63, 3.8) is 0 Å². The van der Waals surface area contributed by atoms with Crippen LogP contribution in [0.1, 0.15) is 55.4 Å². The van der Waals surface area contributed by atoms with Crippen LogP contribution in [0.3, 0.4) is 0 Å². The van der Waals surface area contributed by atoms with E-state index in [2.05, 4.69) is 15.7 Å². The van der Waals surface area contributed by atoms with Crippen molar-refractivity contribution in [2.75, 3.05) is 39.3 Å². The summed E-state index contributed by atoms with van der Waals surface area (Å²) >= 11 is 0. The molecule has 1 aliphatic carbocycles. The Morgan fingerprint density at radius 3 is 2.33 bits per heavy atom. The van der Waals surface area contributed by atoms with Gasteiger partial charge in [-0.2, -0.15) is 5.10 Å². The van der Waals surface area contributed by atoms with E-state index in [1.807, 2.05) is 0 Å². The zero-order valence-electron chi connectivity index (χ0n) is 26.2. The lowest BCUT2D eigenvalue weighted by atomic mass is 9.93. The van der Waals surface area contributed by atoms with Gasteiger partial charge in [0.1, 0.15) is 17.9 Å². The average molecular weight is 672 g/mol. The Morgan fingerprint density at radius 1 is 0.958 bits per heavy atom. The topological polar surface area (TPSA) is 204 Å². The summed E-state index contributed by atoms with van der Waals surface area (Å²) in [6.45, 7) is 0.106. The number of nitrogens with zero attached hydrogens (tertiary/aromatic N) is 5. The molecular formula is C31H38FN7O9. The third kappa shape index (κ3) is 8.19. The highest BCUT2D eigenvalue weighted by Gasteiger charge is 2.36. The van der Waals surface area contributed by atoms with Crippen molar-refractivity contribution in [3.8, 4) is 11.6 Å². The van der Waals surface area contributed by atoms with Gasteiger partial charge in [0, 0.05) is 51.3 Å². The molecule has 3 fully saturated rings. The number of carbonyl (C=O) groups is 6. The smallest absolute Gasteiger partial charge is 0.407 e. The number of rotatable bonds is 12. The van der Waals surface area contributed by atoms with E-state index in [0.29, 0.717) is 19.4 Å². The maximum atomic E-state index is 14.2. The van der Waals surface area contributed by atoms with E-state index >= 15 is 0 Å². The van der Waals surface area contributed by atoms with Gasteiger partial charge in [-0.1, -0.05) is 6.07 Å². The highest BCUT2D eigenvalue weighted by atomic mass is 19.1. The van der Waals surface area contributed by atoms with Gasteiger partial charge in [0.05, 0.1) is 5.69 Å². The van der Waals surface area contributed by atoms with Crippen LogP contribution in [0.15, 0.2) is 30.3 Å². The molecule has 2 saturated heterocycles. The van der Waals surface area contributed by atoms with Gasteiger partial charge in [-0.05, 0) is 56.7 Å². The molecule has 1 aromatic heterocycles. The summed E-state index contributed by atoms with van der Waals surface area (Å²) < 4.78 is 21.1. The van der Waals surface area contributed by atoms with E-state index < -0.39 is 60.7 Å². The van der Waals surface area contributed by atoms with Crippen LogP contribution >= 0.6 is 0 Å². The number of carbonyl (C=O) groups excluding carboxylic acids is 4. The van der Waals surface area contributed by atoms with Gasteiger partial charge in [-0.25, -0.2) is 13.9 Å². The van der Waals surface area contributed by atoms with E-state index in [0.717, 1.165) is 34.9 Å². The third-order valence-electron chi connectivity index (χ3n) is 8.75.